The molecule has 4 rings (SSSR count). The van der Waals surface area contributed by atoms with Gasteiger partial charge < -0.3 is 19.7 Å². The molecule has 4 aromatic rings. The molecule has 12 heteroatoms. The molecule has 0 saturated heterocycles. The number of aliphatic carboxylic acids is 1. The van der Waals surface area contributed by atoms with Gasteiger partial charge in [0.05, 0.1) is 18.0 Å². The fraction of sp³-hybridized carbons (Fsp3) is 0.276. The van der Waals surface area contributed by atoms with Gasteiger partial charge in [0.25, 0.3) is 0 Å². The van der Waals surface area contributed by atoms with Crippen molar-refractivity contribution in [1.29, 1.82) is 0 Å². The third-order valence-corrected chi connectivity index (χ3v) is 8.61. The van der Waals surface area contributed by atoms with Gasteiger partial charge in [-0.3, -0.25) is 14.4 Å². The Morgan fingerprint density at radius 3 is 2.61 bits per heavy atom. The molecule has 2 heterocycles. The number of thiophene rings is 1. The Hall–Kier alpha value is -4.00. The van der Waals surface area contributed by atoms with Crippen molar-refractivity contribution >= 4 is 44.1 Å². The number of hydrogen-bond donors (Lipinski definition) is 3. The van der Waals surface area contributed by atoms with E-state index in [-0.39, 0.29) is 22.6 Å². The Kier molecular flexibility index (Phi) is 9.92. The molecule has 1 atom stereocenters. The maximum Gasteiger partial charge on any atom is 0.323 e. The number of aromatic nitrogens is 1. The van der Waals surface area contributed by atoms with Crippen LogP contribution in [0.15, 0.2) is 81.8 Å². The number of benzene rings is 2. The molecule has 0 saturated carbocycles. The zero-order valence-electron chi connectivity index (χ0n) is 22.4. The third kappa shape index (κ3) is 7.81. The zero-order chi connectivity index (χ0) is 29.4. The average Bonchev–Trinajstić information content (AvgIpc) is 3.46. The quantitative estimate of drug-likeness (QED) is 0.184. The van der Waals surface area contributed by atoms with Crippen LogP contribution in [0.3, 0.4) is 0 Å². The molecule has 2 aromatic carbocycles. The number of carbonyl (C=O) groups excluding carboxylic acids is 1. The van der Waals surface area contributed by atoms with Gasteiger partial charge in [0.15, 0.2) is 0 Å². The van der Waals surface area contributed by atoms with Crippen LogP contribution in [0.4, 0.5) is 0 Å². The second-order valence-corrected chi connectivity index (χ2v) is 12.1. The lowest BCUT2D eigenvalue weighted by molar-refractivity contribution is -0.145. The normalized spacial score (nSPS) is 12.2. The van der Waals surface area contributed by atoms with E-state index < -0.39 is 34.5 Å². The van der Waals surface area contributed by atoms with Crippen LogP contribution in [0.2, 0.25) is 0 Å². The number of para-hydroxylation sites is 1. The maximum absolute atomic E-state index is 14.0. The number of nitrogens with zero attached hydrogens (tertiary/aromatic N) is 1. The Morgan fingerprint density at radius 1 is 1.07 bits per heavy atom. The molecule has 0 aliphatic rings. The highest BCUT2D eigenvalue weighted by atomic mass is 32.2. The van der Waals surface area contributed by atoms with Gasteiger partial charge in [-0.25, -0.2) is 8.42 Å². The molecule has 0 unspecified atom stereocenters. The molecule has 216 valence electrons. The molecule has 0 aliphatic carbocycles. The minimum atomic E-state index is -4.31. The predicted octanol–water partition coefficient (Wildman–Crippen LogP) is 4.29. The number of ether oxygens (including phenoxy) is 1. The molecule has 3 N–H and O–H groups in total. The number of amides is 1. The van der Waals surface area contributed by atoms with Crippen LogP contribution in [-0.4, -0.2) is 48.4 Å². The molecule has 10 nitrogen and oxygen atoms in total. The van der Waals surface area contributed by atoms with E-state index in [1.807, 2.05) is 5.38 Å². The van der Waals surface area contributed by atoms with E-state index >= 15 is 0 Å². The van der Waals surface area contributed by atoms with Crippen LogP contribution in [0.5, 0.6) is 5.75 Å². The minimum absolute atomic E-state index is 0.0100. The van der Waals surface area contributed by atoms with Crippen molar-refractivity contribution in [2.45, 2.75) is 43.7 Å². The van der Waals surface area contributed by atoms with Crippen LogP contribution in [-0.2, 0) is 26.2 Å². The number of carboxylic acids is 1. The lowest BCUT2D eigenvalue weighted by atomic mass is 10.0. The average molecular weight is 598 g/mol. The second-order valence-electron chi connectivity index (χ2n) is 9.39. The summed E-state index contributed by atoms with van der Waals surface area (Å²) in [6.07, 6.45) is 2.70. The molecular formula is C29H31N3O7S2. The SMILES string of the molecule is CCCCCOc1ccccc1[C@@H](NS(=O)(=O)c1ccc2[nH]c(=O)ccc2c1)C(=O)N(CC(=O)O)Cc1cccs1. The summed E-state index contributed by atoms with van der Waals surface area (Å²) in [4.78, 5) is 41.8. The summed E-state index contributed by atoms with van der Waals surface area (Å²) >= 11 is 1.36. The van der Waals surface area contributed by atoms with Crippen molar-refractivity contribution in [1.82, 2.24) is 14.6 Å². The van der Waals surface area contributed by atoms with E-state index in [2.05, 4.69) is 16.6 Å². The molecule has 0 fully saturated rings. The molecule has 0 spiro atoms. The van der Waals surface area contributed by atoms with Gasteiger partial charge in [0.1, 0.15) is 18.3 Å². The Bertz CT molecular complexity index is 1670. The number of H-pyrrole nitrogens is 1. The van der Waals surface area contributed by atoms with E-state index in [1.54, 1.807) is 36.4 Å². The summed E-state index contributed by atoms with van der Waals surface area (Å²) < 4.78 is 35.9. The van der Waals surface area contributed by atoms with Crippen molar-refractivity contribution in [2.75, 3.05) is 13.2 Å². The van der Waals surface area contributed by atoms with Crippen LogP contribution in [0.1, 0.15) is 42.7 Å². The largest absolute Gasteiger partial charge is 0.493 e. The fourth-order valence-corrected chi connectivity index (χ4v) is 6.23. The van der Waals surface area contributed by atoms with Gasteiger partial charge in [-0.05, 0) is 53.6 Å². The second kappa shape index (κ2) is 13.6. The molecule has 2 aromatic heterocycles. The number of pyridine rings is 1. The van der Waals surface area contributed by atoms with Crippen LogP contribution >= 0.6 is 11.3 Å². The van der Waals surface area contributed by atoms with E-state index in [1.165, 1.54) is 41.7 Å². The van der Waals surface area contributed by atoms with Crippen LogP contribution < -0.4 is 15.0 Å². The smallest absolute Gasteiger partial charge is 0.323 e. The number of carbonyl (C=O) groups is 2. The van der Waals surface area contributed by atoms with E-state index in [0.29, 0.717) is 23.3 Å². The summed E-state index contributed by atoms with van der Waals surface area (Å²) in [6, 6.07) is 15.7. The summed E-state index contributed by atoms with van der Waals surface area (Å²) in [5, 5.41) is 11.9. The standard InChI is InChI=1S/C29H31N3O7S2/c1-2-3-6-15-39-25-10-5-4-9-23(25)28(29(36)32(19-27(34)35)18-21-8-7-16-40-21)31-41(37,38)22-12-13-24-20(17-22)11-14-26(33)30-24/h4-5,7-14,16-17,28,31H,2-3,6,15,18-19H2,1H3,(H,30,33)(H,34,35)/t28-/m1/s1. The first-order valence-electron chi connectivity index (χ1n) is 13.1. The number of unbranched alkanes of at least 4 members (excludes halogenated alkanes) is 2. The predicted molar refractivity (Wildman–Crippen MR) is 156 cm³/mol. The topological polar surface area (TPSA) is 146 Å². The molecular weight excluding hydrogens is 566 g/mol. The van der Waals surface area contributed by atoms with Crippen molar-refractivity contribution in [3.63, 3.8) is 0 Å². The Labute approximate surface area is 241 Å². The highest BCUT2D eigenvalue weighted by Gasteiger charge is 2.34. The highest BCUT2D eigenvalue weighted by Crippen LogP contribution is 2.30. The summed E-state index contributed by atoms with van der Waals surface area (Å²) in [5.41, 5.74) is 0.402. The van der Waals surface area contributed by atoms with Gasteiger partial charge in [0.2, 0.25) is 21.5 Å². The lowest BCUT2D eigenvalue weighted by Crippen LogP contribution is -2.44. The first-order chi connectivity index (χ1) is 19.7. The van der Waals surface area contributed by atoms with Crippen molar-refractivity contribution in [3.8, 4) is 5.75 Å². The van der Waals surface area contributed by atoms with E-state index in [0.717, 1.165) is 29.0 Å². The third-order valence-electron chi connectivity index (χ3n) is 6.33. The van der Waals surface area contributed by atoms with Gasteiger partial charge in [-0.1, -0.05) is 44.0 Å². The number of carboxylic acid groups (broad SMARTS) is 1. The monoisotopic (exact) mass is 597 g/mol. The first-order valence-corrected chi connectivity index (χ1v) is 15.4. The van der Waals surface area contributed by atoms with Crippen molar-refractivity contribution < 1.29 is 27.9 Å². The lowest BCUT2D eigenvalue weighted by Gasteiger charge is -2.27. The van der Waals surface area contributed by atoms with Crippen molar-refractivity contribution in [3.05, 3.63) is 92.9 Å². The molecule has 1 amide bonds. The number of fused-ring (bicyclic) bond motifs is 1. The summed E-state index contributed by atoms with van der Waals surface area (Å²) in [5.74, 6) is -1.64. The number of nitrogens with one attached hydrogen (secondary N) is 2. The Balaban J connectivity index is 1.75. The molecule has 0 bridgehead atoms. The first kappa shape index (κ1) is 30.0. The number of sulfonamides is 1. The molecule has 0 aliphatic heterocycles. The number of hydrogen-bond acceptors (Lipinski definition) is 7. The summed E-state index contributed by atoms with van der Waals surface area (Å²) in [6.45, 7) is 1.80. The zero-order valence-corrected chi connectivity index (χ0v) is 24.0. The summed E-state index contributed by atoms with van der Waals surface area (Å²) in [7, 11) is -4.31. The van der Waals surface area contributed by atoms with Crippen molar-refractivity contribution in [2.24, 2.45) is 0 Å². The van der Waals surface area contributed by atoms with Gasteiger partial charge >= 0.3 is 5.97 Å². The molecule has 41 heavy (non-hydrogen) atoms. The van der Waals surface area contributed by atoms with Crippen LogP contribution in [0, 0.1) is 0 Å². The Morgan fingerprint density at radius 2 is 1.88 bits per heavy atom. The number of aromatic amines is 1. The minimum Gasteiger partial charge on any atom is -0.493 e. The van der Waals surface area contributed by atoms with Gasteiger partial charge in [-0.15, -0.1) is 11.3 Å². The highest BCUT2D eigenvalue weighted by molar-refractivity contribution is 7.89. The van der Waals surface area contributed by atoms with E-state index in [9.17, 15) is 27.9 Å². The number of rotatable bonds is 14. The molecule has 0 radical (unpaired) electrons. The fourth-order valence-electron chi connectivity index (χ4n) is 4.30. The van der Waals surface area contributed by atoms with Gasteiger partial charge in [0, 0.05) is 22.0 Å². The van der Waals surface area contributed by atoms with E-state index in [4.69, 9.17) is 4.74 Å². The van der Waals surface area contributed by atoms with Crippen LogP contribution in [0.25, 0.3) is 10.9 Å². The van der Waals surface area contributed by atoms with Gasteiger partial charge in [-0.2, -0.15) is 4.72 Å². The maximum atomic E-state index is 14.0.